The number of likely N-dealkylation sites (tertiary alicyclic amines) is 1. The first kappa shape index (κ1) is 15.8. The number of carbonyl (C=O) groups excluding carboxylic acids is 1. The number of rotatable bonds is 4. The predicted molar refractivity (Wildman–Crippen MR) is 73.1 cm³/mol. The molecule has 1 aliphatic rings. The molecule has 2 N–H and O–H groups in total. The van der Waals surface area contributed by atoms with Gasteiger partial charge in [0.25, 0.3) is 0 Å². The van der Waals surface area contributed by atoms with E-state index in [0.717, 1.165) is 6.54 Å². The molecule has 6 heteroatoms. The molecule has 0 spiro atoms. The largest absolute Gasteiger partial charge is 0.481 e. The molecule has 0 aromatic heterocycles. The van der Waals surface area contributed by atoms with E-state index in [0.29, 0.717) is 19.4 Å². The minimum Gasteiger partial charge on any atom is -0.481 e. The second kappa shape index (κ2) is 6.75. The van der Waals surface area contributed by atoms with E-state index in [2.05, 4.69) is 5.32 Å². The third kappa shape index (κ3) is 4.70. The van der Waals surface area contributed by atoms with Gasteiger partial charge in [-0.15, -0.1) is 0 Å². The summed E-state index contributed by atoms with van der Waals surface area (Å²) in [5, 5.41) is 12.0. The van der Waals surface area contributed by atoms with E-state index in [4.69, 9.17) is 5.11 Å². The van der Waals surface area contributed by atoms with Gasteiger partial charge in [0.15, 0.2) is 0 Å². The highest BCUT2D eigenvalue weighted by Crippen LogP contribution is 2.22. The Morgan fingerprint density at radius 1 is 1.47 bits per heavy atom. The molecule has 0 bridgehead atoms. The van der Waals surface area contributed by atoms with Gasteiger partial charge >= 0.3 is 12.0 Å². The third-order valence-electron chi connectivity index (χ3n) is 3.50. The number of piperidine rings is 1. The molecule has 19 heavy (non-hydrogen) atoms. The first-order chi connectivity index (χ1) is 8.81. The molecular formula is C13H25N3O3. The SMILES string of the molecule is CC(CN(C)C)NC(=O)N1CCC(C(=O)O)CC1C. The Kier molecular flexibility index (Phi) is 5.60. The molecule has 2 amide bonds. The lowest BCUT2D eigenvalue weighted by atomic mass is 9.92. The number of hydrogen-bond acceptors (Lipinski definition) is 3. The summed E-state index contributed by atoms with van der Waals surface area (Å²) in [4.78, 5) is 26.8. The maximum Gasteiger partial charge on any atom is 0.317 e. The Labute approximate surface area is 114 Å². The molecule has 1 fully saturated rings. The van der Waals surface area contributed by atoms with Crippen molar-refractivity contribution < 1.29 is 14.7 Å². The van der Waals surface area contributed by atoms with E-state index in [1.807, 2.05) is 32.8 Å². The Morgan fingerprint density at radius 2 is 2.11 bits per heavy atom. The maximum absolute atomic E-state index is 12.1. The minimum atomic E-state index is -0.757. The van der Waals surface area contributed by atoms with Gasteiger partial charge in [0.1, 0.15) is 0 Å². The molecule has 1 saturated heterocycles. The van der Waals surface area contributed by atoms with Crippen molar-refractivity contribution in [1.29, 1.82) is 0 Å². The molecular weight excluding hydrogens is 246 g/mol. The normalized spacial score (nSPS) is 25.2. The zero-order chi connectivity index (χ0) is 14.6. The average molecular weight is 271 g/mol. The summed E-state index contributed by atoms with van der Waals surface area (Å²) in [5.74, 6) is -1.08. The van der Waals surface area contributed by atoms with Gasteiger partial charge in [-0.3, -0.25) is 4.79 Å². The summed E-state index contributed by atoms with van der Waals surface area (Å²) in [6.45, 7) is 5.17. The fourth-order valence-electron chi connectivity index (χ4n) is 2.59. The van der Waals surface area contributed by atoms with Gasteiger partial charge in [-0.25, -0.2) is 4.79 Å². The Bertz CT molecular complexity index is 333. The lowest BCUT2D eigenvalue weighted by molar-refractivity contribution is -0.143. The molecule has 6 nitrogen and oxygen atoms in total. The van der Waals surface area contributed by atoms with E-state index in [1.165, 1.54) is 0 Å². The topological polar surface area (TPSA) is 72.9 Å². The van der Waals surface area contributed by atoms with Crippen molar-refractivity contribution in [3.8, 4) is 0 Å². The molecule has 0 aromatic carbocycles. The van der Waals surface area contributed by atoms with Crippen LogP contribution in [0.15, 0.2) is 0 Å². The highest BCUT2D eigenvalue weighted by Gasteiger charge is 2.32. The molecule has 1 aliphatic heterocycles. The van der Waals surface area contributed by atoms with Crippen LogP contribution in [-0.2, 0) is 4.79 Å². The summed E-state index contributed by atoms with van der Waals surface area (Å²) in [7, 11) is 3.92. The first-order valence-corrected chi connectivity index (χ1v) is 6.76. The first-order valence-electron chi connectivity index (χ1n) is 6.76. The zero-order valence-electron chi connectivity index (χ0n) is 12.2. The molecule has 3 atom stereocenters. The summed E-state index contributed by atoms with van der Waals surface area (Å²) in [5.41, 5.74) is 0. The van der Waals surface area contributed by atoms with Crippen LogP contribution in [0.1, 0.15) is 26.7 Å². The predicted octanol–water partition coefficient (Wildman–Crippen LogP) is 0.831. The average Bonchev–Trinajstić information content (AvgIpc) is 2.26. The van der Waals surface area contributed by atoms with Crippen LogP contribution in [0, 0.1) is 5.92 Å². The highest BCUT2D eigenvalue weighted by atomic mass is 16.4. The molecule has 0 saturated carbocycles. The van der Waals surface area contributed by atoms with Gasteiger partial charge in [-0.05, 0) is 40.8 Å². The summed E-state index contributed by atoms with van der Waals surface area (Å²) in [6, 6.07) is -0.0426. The van der Waals surface area contributed by atoms with E-state index < -0.39 is 5.97 Å². The van der Waals surface area contributed by atoms with Crippen LogP contribution in [0.4, 0.5) is 4.79 Å². The van der Waals surface area contributed by atoms with Crippen molar-refractivity contribution in [2.24, 2.45) is 5.92 Å². The number of carbonyl (C=O) groups is 2. The van der Waals surface area contributed by atoms with Crippen LogP contribution in [0.2, 0.25) is 0 Å². The summed E-state index contributed by atoms with van der Waals surface area (Å²) < 4.78 is 0. The third-order valence-corrected chi connectivity index (χ3v) is 3.50. The second-order valence-corrected chi connectivity index (χ2v) is 5.71. The molecule has 0 aromatic rings. The number of nitrogens with one attached hydrogen (secondary N) is 1. The van der Waals surface area contributed by atoms with Crippen LogP contribution >= 0.6 is 0 Å². The zero-order valence-corrected chi connectivity index (χ0v) is 12.2. The van der Waals surface area contributed by atoms with Gasteiger partial charge in [0, 0.05) is 25.2 Å². The van der Waals surface area contributed by atoms with Crippen LogP contribution in [0.3, 0.4) is 0 Å². The Morgan fingerprint density at radius 3 is 2.58 bits per heavy atom. The minimum absolute atomic E-state index is 0.0265. The fraction of sp³-hybridized carbons (Fsp3) is 0.846. The van der Waals surface area contributed by atoms with E-state index >= 15 is 0 Å². The van der Waals surface area contributed by atoms with Crippen LogP contribution in [-0.4, -0.2) is 66.2 Å². The van der Waals surface area contributed by atoms with Crippen LogP contribution in [0.5, 0.6) is 0 Å². The highest BCUT2D eigenvalue weighted by molar-refractivity contribution is 5.76. The van der Waals surface area contributed by atoms with Crippen molar-refractivity contribution in [3.63, 3.8) is 0 Å². The molecule has 3 unspecified atom stereocenters. The molecule has 110 valence electrons. The summed E-state index contributed by atoms with van der Waals surface area (Å²) >= 11 is 0. The van der Waals surface area contributed by atoms with Crippen LogP contribution < -0.4 is 5.32 Å². The second-order valence-electron chi connectivity index (χ2n) is 5.71. The fourth-order valence-corrected chi connectivity index (χ4v) is 2.59. The number of carboxylic acid groups (broad SMARTS) is 1. The molecule has 1 heterocycles. The molecule has 1 rings (SSSR count). The lowest BCUT2D eigenvalue weighted by Crippen LogP contribution is -2.53. The number of carboxylic acids is 1. The number of urea groups is 1. The Hall–Kier alpha value is -1.30. The van der Waals surface area contributed by atoms with Crippen molar-refractivity contribution in [2.45, 2.75) is 38.8 Å². The van der Waals surface area contributed by atoms with Gasteiger partial charge < -0.3 is 20.2 Å². The van der Waals surface area contributed by atoms with Crippen molar-refractivity contribution in [3.05, 3.63) is 0 Å². The van der Waals surface area contributed by atoms with E-state index in [-0.39, 0.29) is 24.0 Å². The standard InChI is InChI=1S/C13H25N3O3/c1-9(8-15(3)4)14-13(19)16-6-5-11(12(17)18)7-10(16)2/h9-11H,5-8H2,1-4H3,(H,14,19)(H,17,18). The number of hydrogen-bond donors (Lipinski definition) is 2. The Balaban J connectivity index is 2.48. The van der Waals surface area contributed by atoms with Crippen molar-refractivity contribution in [2.75, 3.05) is 27.2 Å². The van der Waals surface area contributed by atoms with Gasteiger partial charge in [-0.2, -0.15) is 0 Å². The number of amides is 2. The summed E-state index contributed by atoms with van der Waals surface area (Å²) in [6.07, 6.45) is 1.07. The maximum atomic E-state index is 12.1. The van der Waals surface area contributed by atoms with Crippen molar-refractivity contribution >= 4 is 12.0 Å². The van der Waals surface area contributed by atoms with Gasteiger partial charge in [-0.1, -0.05) is 0 Å². The number of likely N-dealkylation sites (N-methyl/N-ethyl adjacent to an activating group) is 1. The quantitative estimate of drug-likeness (QED) is 0.794. The number of nitrogens with zero attached hydrogens (tertiary/aromatic N) is 2. The number of aliphatic carboxylic acids is 1. The van der Waals surface area contributed by atoms with Crippen LogP contribution in [0.25, 0.3) is 0 Å². The van der Waals surface area contributed by atoms with Gasteiger partial charge in [0.2, 0.25) is 0 Å². The molecule has 0 aliphatic carbocycles. The smallest absolute Gasteiger partial charge is 0.317 e. The van der Waals surface area contributed by atoms with Crippen molar-refractivity contribution in [1.82, 2.24) is 15.1 Å². The van der Waals surface area contributed by atoms with E-state index in [9.17, 15) is 9.59 Å². The lowest BCUT2D eigenvalue weighted by Gasteiger charge is -2.37. The van der Waals surface area contributed by atoms with E-state index in [1.54, 1.807) is 4.90 Å². The van der Waals surface area contributed by atoms with Gasteiger partial charge in [0.05, 0.1) is 5.92 Å². The monoisotopic (exact) mass is 271 g/mol. The molecule has 0 radical (unpaired) electrons.